The van der Waals surface area contributed by atoms with Gasteiger partial charge in [0.2, 0.25) is 15.9 Å². The average molecular weight is 305 g/mol. The third kappa shape index (κ3) is 2.46. The summed E-state index contributed by atoms with van der Waals surface area (Å²) in [7, 11) is -2.89. The van der Waals surface area contributed by atoms with Gasteiger partial charge in [0.05, 0.1) is 6.54 Å². The largest absolute Gasteiger partial charge is 0.399 e. The van der Waals surface area contributed by atoms with Crippen LogP contribution in [0.3, 0.4) is 0 Å². The molecule has 2 N–H and O–H groups in total. The molecule has 1 aromatic carbocycles. The predicted octanol–water partition coefficient (Wildman–Crippen LogP) is 0.00970. The van der Waals surface area contributed by atoms with E-state index < -0.39 is 39.0 Å². The second kappa shape index (κ2) is 4.98. The molecule has 20 heavy (non-hydrogen) atoms. The molecule has 0 spiro atoms. The Bertz CT molecular complexity index is 640. The molecular formula is C11H13F2N3O3S. The van der Waals surface area contributed by atoms with Crippen molar-refractivity contribution in [2.45, 2.75) is 4.90 Å². The number of rotatable bonds is 2. The minimum Gasteiger partial charge on any atom is -0.399 e. The molecule has 110 valence electrons. The van der Waals surface area contributed by atoms with Crippen LogP contribution in [0, 0.1) is 11.6 Å². The molecule has 0 aliphatic carbocycles. The van der Waals surface area contributed by atoms with Crippen LogP contribution in [0.4, 0.5) is 14.5 Å². The molecule has 2 rings (SSSR count). The maximum absolute atomic E-state index is 13.7. The highest BCUT2D eigenvalue weighted by atomic mass is 32.2. The van der Waals surface area contributed by atoms with Crippen LogP contribution in [0.1, 0.15) is 0 Å². The summed E-state index contributed by atoms with van der Waals surface area (Å²) in [6.07, 6.45) is 0. The van der Waals surface area contributed by atoms with Crippen molar-refractivity contribution in [2.75, 3.05) is 32.4 Å². The van der Waals surface area contributed by atoms with Crippen molar-refractivity contribution in [3.8, 4) is 0 Å². The Morgan fingerprint density at radius 1 is 1.20 bits per heavy atom. The van der Waals surface area contributed by atoms with Gasteiger partial charge in [0, 0.05) is 25.8 Å². The van der Waals surface area contributed by atoms with Crippen molar-refractivity contribution < 1.29 is 22.0 Å². The summed E-state index contributed by atoms with van der Waals surface area (Å²) in [6, 6.07) is 1.46. The number of piperazine rings is 1. The molecule has 1 heterocycles. The zero-order valence-electron chi connectivity index (χ0n) is 10.6. The van der Waals surface area contributed by atoms with E-state index in [1.54, 1.807) is 0 Å². The summed E-state index contributed by atoms with van der Waals surface area (Å²) in [5, 5.41) is 0. The van der Waals surface area contributed by atoms with Crippen LogP contribution in [0.25, 0.3) is 0 Å². The van der Waals surface area contributed by atoms with Gasteiger partial charge in [-0.25, -0.2) is 17.2 Å². The molecule has 1 aliphatic rings. The number of nitrogen functional groups attached to an aromatic ring is 1. The molecule has 0 bridgehead atoms. The maximum atomic E-state index is 13.7. The Kier molecular flexibility index (Phi) is 3.65. The van der Waals surface area contributed by atoms with Crippen molar-refractivity contribution in [1.82, 2.24) is 9.21 Å². The van der Waals surface area contributed by atoms with E-state index in [-0.39, 0.29) is 18.8 Å². The molecule has 0 unspecified atom stereocenters. The van der Waals surface area contributed by atoms with Crippen LogP contribution >= 0.6 is 0 Å². The first-order valence-electron chi connectivity index (χ1n) is 5.72. The number of carbonyl (C=O) groups excluding carboxylic acids is 1. The van der Waals surface area contributed by atoms with Gasteiger partial charge in [-0.05, 0) is 12.1 Å². The summed E-state index contributed by atoms with van der Waals surface area (Å²) in [5.41, 5.74) is 5.03. The van der Waals surface area contributed by atoms with E-state index >= 15 is 0 Å². The number of nitrogens with zero attached hydrogens (tertiary/aromatic N) is 2. The first kappa shape index (κ1) is 14.7. The van der Waals surface area contributed by atoms with Gasteiger partial charge in [0.15, 0.2) is 4.90 Å². The SMILES string of the molecule is CN1CCN(S(=O)(=O)c2c(F)cc(N)cc2F)CC1=O. The van der Waals surface area contributed by atoms with E-state index in [1.165, 1.54) is 11.9 Å². The normalized spacial score (nSPS) is 17.6. The Morgan fingerprint density at radius 2 is 1.75 bits per heavy atom. The molecular weight excluding hydrogens is 292 g/mol. The van der Waals surface area contributed by atoms with Gasteiger partial charge in [-0.15, -0.1) is 0 Å². The summed E-state index contributed by atoms with van der Waals surface area (Å²) in [4.78, 5) is 11.8. The van der Waals surface area contributed by atoms with Crippen molar-refractivity contribution in [3.05, 3.63) is 23.8 Å². The average Bonchev–Trinajstić information content (AvgIpc) is 2.30. The number of sulfonamides is 1. The van der Waals surface area contributed by atoms with Crippen LogP contribution in [-0.4, -0.2) is 50.2 Å². The summed E-state index contributed by atoms with van der Waals surface area (Å²) >= 11 is 0. The summed E-state index contributed by atoms with van der Waals surface area (Å²) in [6.45, 7) is -0.299. The van der Waals surface area contributed by atoms with Gasteiger partial charge in [-0.2, -0.15) is 4.31 Å². The highest BCUT2D eigenvalue weighted by molar-refractivity contribution is 7.89. The Balaban J connectivity index is 2.44. The van der Waals surface area contributed by atoms with Gasteiger partial charge in [0.1, 0.15) is 11.6 Å². The quantitative estimate of drug-likeness (QED) is 0.780. The number of hydrogen-bond acceptors (Lipinski definition) is 4. The number of hydrogen-bond donors (Lipinski definition) is 1. The zero-order chi connectivity index (χ0) is 15.1. The third-order valence-electron chi connectivity index (χ3n) is 3.04. The van der Waals surface area contributed by atoms with Crippen LogP contribution < -0.4 is 5.73 Å². The second-order valence-corrected chi connectivity index (χ2v) is 6.34. The van der Waals surface area contributed by atoms with E-state index in [0.29, 0.717) is 0 Å². The van der Waals surface area contributed by atoms with E-state index in [2.05, 4.69) is 0 Å². The first-order valence-corrected chi connectivity index (χ1v) is 7.16. The summed E-state index contributed by atoms with van der Waals surface area (Å²) in [5.74, 6) is -2.97. The molecule has 9 heteroatoms. The predicted molar refractivity (Wildman–Crippen MR) is 67.2 cm³/mol. The van der Waals surface area contributed by atoms with E-state index in [1.807, 2.05) is 0 Å². The van der Waals surface area contributed by atoms with Gasteiger partial charge in [0.25, 0.3) is 0 Å². The van der Waals surface area contributed by atoms with Crippen LogP contribution in [-0.2, 0) is 14.8 Å². The lowest BCUT2D eigenvalue weighted by molar-refractivity contribution is -0.132. The number of halogens is 2. The summed E-state index contributed by atoms with van der Waals surface area (Å²) < 4.78 is 52.6. The minimum absolute atomic E-state index is 0.0200. The lowest BCUT2D eigenvalue weighted by Crippen LogP contribution is -2.50. The molecule has 6 nitrogen and oxygen atoms in total. The first-order chi connectivity index (χ1) is 9.23. The number of anilines is 1. The van der Waals surface area contributed by atoms with Crippen LogP contribution in [0.15, 0.2) is 17.0 Å². The Labute approximate surface area is 114 Å². The second-order valence-electron chi connectivity index (χ2n) is 4.47. The zero-order valence-corrected chi connectivity index (χ0v) is 11.5. The smallest absolute Gasteiger partial charge is 0.249 e. The topological polar surface area (TPSA) is 83.7 Å². The lowest BCUT2D eigenvalue weighted by Gasteiger charge is -2.31. The third-order valence-corrected chi connectivity index (χ3v) is 4.94. The molecule has 1 amide bonds. The minimum atomic E-state index is -4.42. The molecule has 1 saturated heterocycles. The molecule has 0 atom stereocenters. The highest BCUT2D eigenvalue weighted by Gasteiger charge is 2.35. The molecule has 1 fully saturated rings. The van der Waals surface area contributed by atoms with Gasteiger partial charge in [-0.3, -0.25) is 4.79 Å². The standard InChI is InChI=1S/C11H13F2N3O3S/c1-15-2-3-16(6-10(15)17)20(18,19)11-8(12)4-7(14)5-9(11)13/h4-5H,2-3,6,14H2,1H3. The van der Waals surface area contributed by atoms with Crippen LogP contribution in [0.2, 0.25) is 0 Å². The van der Waals surface area contributed by atoms with Crippen molar-refractivity contribution in [3.63, 3.8) is 0 Å². The van der Waals surface area contributed by atoms with Gasteiger partial charge in [-0.1, -0.05) is 0 Å². The van der Waals surface area contributed by atoms with Crippen molar-refractivity contribution in [2.24, 2.45) is 0 Å². The van der Waals surface area contributed by atoms with Gasteiger partial charge >= 0.3 is 0 Å². The fraction of sp³-hybridized carbons (Fsp3) is 0.364. The fourth-order valence-electron chi connectivity index (χ4n) is 1.90. The number of benzene rings is 1. The highest BCUT2D eigenvalue weighted by Crippen LogP contribution is 2.25. The van der Waals surface area contributed by atoms with Gasteiger partial charge < -0.3 is 10.6 Å². The molecule has 1 aliphatic heterocycles. The fourth-order valence-corrected chi connectivity index (χ4v) is 3.37. The van der Waals surface area contributed by atoms with Crippen LogP contribution in [0.5, 0.6) is 0 Å². The molecule has 0 aromatic heterocycles. The Hall–Kier alpha value is -1.74. The molecule has 0 saturated carbocycles. The lowest BCUT2D eigenvalue weighted by atomic mass is 10.3. The van der Waals surface area contributed by atoms with Crippen molar-refractivity contribution in [1.29, 1.82) is 0 Å². The van der Waals surface area contributed by atoms with Crippen molar-refractivity contribution >= 4 is 21.6 Å². The number of carbonyl (C=O) groups is 1. The van der Waals surface area contributed by atoms with E-state index in [4.69, 9.17) is 5.73 Å². The molecule has 1 aromatic rings. The number of amides is 1. The van der Waals surface area contributed by atoms with E-state index in [9.17, 15) is 22.0 Å². The Morgan fingerprint density at radius 3 is 2.25 bits per heavy atom. The maximum Gasteiger partial charge on any atom is 0.249 e. The number of likely N-dealkylation sites (N-methyl/N-ethyl adjacent to an activating group) is 1. The number of nitrogens with two attached hydrogens (primary N) is 1. The molecule has 0 radical (unpaired) electrons. The monoisotopic (exact) mass is 305 g/mol. The van der Waals surface area contributed by atoms with E-state index in [0.717, 1.165) is 16.4 Å².